The van der Waals surface area contributed by atoms with Gasteiger partial charge in [-0.3, -0.25) is 14.4 Å². The van der Waals surface area contributed by atoms with Crippen LogP contribution in [0.2, 0.25) is 0 Å². The number of aliphatic carboxylic acids is 2. The van der Waals surface area contributed by atoms with Gasteiger partial charge in [-0.2, -0.15) is 0 Å². The van der Waals surface area contributed by atoms with E-state index in [1.54, 1.807) is 18.2 Å². The first kappa shape index (κ1) is 18.2. The number of hydrogen-bond donors (Lipinski definition) is 2. The molecule has 1 rings (SSSR count). The van der Waals surface area contributed by atoms with Crippen molar-refractivity contribution < 1.29 is 29.3 Å². The molecule has 0 spiro atoms. The molecule has 1 atom stereocenters. The summed E-state index contributed by atoms with van der Waals surface area (Å²) < 4.78 is 5.64. The molecule has 0 radical (unpaired) electrons. The average Bonchev–Trinajstić information content (AvgIpc) is 2.41. The Morgan fingerprint density at radius 2 is 1.91 bits per heavy atom. The van der Waals surface area contributed by atoms with E-state index in [4.69, 9.17) is 9.84 Å². The summed E-state index contributed by atoms with van der Waals surface area (Å²) in [6, 6.07) is 5.09. The number of esters is 1. The maximum Gasteiger partial charge on any atom is 0.324 e. The van der Waals surface area contributed by atoms with Gasteiger partial charge in [0.15, 0.2) is 5.41 Å². The van der Waals surface area contributed by atoms with Crippen molar-refractivity contribution in [2.45, 2.75) is 26.7 Å². The monoisotopic (exact) mass is 372 g/mol. The molecule has 1 unspecified atom stereocenters. The van der Waals surface area contributed by atoms with E-state index >= 15 is 0 Å². The number of carbonyl (C=O) groups is 3. The molecule has 0 saturated carbocycles. The predicted octanol–water partition coefficient (Wildman–Crippen LogP) is 2.41. The molecule has 0 aliphatic heterocycles. The van der Waals surface area contributed by atoms with Crippen LogP contribution in [0.25, 0.3) is 0 Å². The highest BCUT2D eigenvalue weighted by molar-refractivity contribution is 9.10. The number of rotatable bonds is 7. The summed E-state index contributed by atoms with van der Waals surface area (Å²) in [6.45, 7) is 3.33. The van der Waals surface area contributed by atoms with Crippen molar-refractivity contribution in [3.05, 3.63) is 33.8 Å². The van der Waals surface area contributed by atoms with Crippen LogP contribution in [0.3, 0.4) is 0 Å². The molecule has 2 N–H and O–H groups in total. The fraction of sp³-hybridized carbons (Fsp3) is 0.400. The molecular formula is C15H17BrO6. The van der Waals surface area contributed by atoms with E-state index in [0.29, 0.717) is 5.56 Å². The molecule has 0 aliphatic rings. The van der Waals surface area contributed by atoms with Gasteiger partial charge < -0.3 is 14.9 Å². The van der Waals surface area contributed by atoms with Crippen molar-refractivity contribution in [1.82, 2.24) is 0 Å². The van der Waals surface area contributed by atoms with E-state index in [1.807, 2.05) is 6.92 Å². The Hall–Kier alpha value is -1.89. The van der Waals surface area contributed by atoms with Gasteiger partial charge in [-0.15, -0.1) is 0 Å². The van der Waals surface area contributed by atoms with Gasteiger partial charge in [0, 0.05) is 4.47 Å². The number of halogens is 1. The molecule has 0 bridgehead atoms. The summed E-state index contributed by atoms with van der Waals surface area (Å²) in [5, 5.41) is 18.5. The minimum Gasteiger partial charge on any atom is -0.481 e. The highest BCUT2D eigenvalue weighted by Crippen LogP contribution is 2.31. The lowest BCUT2D eigenvalue weighted by Crippen LogP contribution is -2.44. The Morgan fingerprint density at radius 1 is 1.27 bits per heavy atom. The molecular weight excluding hydrogens is 356 g/mol. The Morgan fingerprint density at radius 3 is 2.36 bits per heavy atom. The zero-order valence-corrected chi connectivity index (χ0v) is 13.8. The van der Waals surface area contributed by atoms with Gasteiger partial charge in [0.05, 0.1) is 13.0 Å². The third kappa shape index (κ3) is 4.07. The molecule has 7 heteroatoms. The highest BCUT2D eigenvalue weighted by Gasteiger charge is 2.49. The number of benzene rings is 1. The maximum absolute atomic E-state index is 12.1. The van der Waals surface area contributed by atoms with Gasteiger partial charge in [-0.25, -0.2) is 0 Å². The molecule has 1 aromatic rings. The quantitative estimate of drug-likeness (QED) is 0.562. The number of hydrogen-bond acceptors (Lipinski definition) is 4. The lowest BCUT2D eigenvalue weighted by atomic mass is 9.78. The fourth-order valence-electron chi connectivity index (χ4n) is 2.14. The van der Waals surface area contributed by atoms with Gasteiger partial charge >= 0.3 is 17.9 Å². The van der Waals surface area contributed by atoms with E-state index in [1.165, 1.54) is 6.92 Å². The van der Waals surface area contributed by atoms with Crippen molar-refractivity contribution in [2.75, 3.05) is 6.61 Å². The van der Waals surface area contributed by atoms with Crippen LogP contribution in [-0.4, -0.2) is 34.7 Å². The summed E-state index contributed by atoms with van der Waals surface area (Å²) in [6.07, 6.45) is -1.09. The first-order chi connectivity index (χ1) is 10.2. The maximum atomic E-state index is 12.1. The third-order valence-electron chi connectivity index (χ3n) is 3.26. The SMILES string of the molecule is CCOC(=O)C(CC(=O)O)(Cc1ccc(Br)c(C)c1)C(=O)O. The van der Waals surface area contributed by atoms with Gasteiger partial charge in [-0.1, -0.05) is 28.1 Å². The van der Waals surface area contributed by atoms with Gasteiger partial charge in [0.1, 0.15) is 0 Å². The van der Waals surface area contributed by atoms with Crippen LogP contribution >= 0.6 is 15.9 Å². The van der Waals surface area contributed by atoms with Gasteiger partial charge in [0.2, 0.25) is 0 Å². The first-order valence-corrected chi connectivity index (χ1v) is 7.39. The Labute approximate surface area is 136 Å². The lowest BCUT2D eigenvalue weighted by molar-refractivity contribution is -0.173. The molecule has 0 aliphatic carbocycles. The first-order valence-electron chi connectivity index (χ1n) is 6.60. The van der Waals surface area contributed by atoms with Crippen LogP contribution in [0.15, 0.2) is 22.7 Å². The van der Waals surface area contributed by atoms with Crippen molar-refractivity contribution >= 4 is 33.8 Å². The minimum atomic E-state index is -2.14. The molecule has 1 aromatic carbocycles. The van der Waals surface area contributed by atoms with Gasteiger partial charge in [0.25, 0.3) is 0 Å². The average molecular weight is 373 g/mol. The Balaban J connectivity index is 3.28. The zero-order chi connectivity index (χ0) is 16.9. The van der Waals surface area contributed by atoms with Crippen LogP contribution < -0.4 is 0 Å². The molecule has 0 aromatic heterocycles. The second-order valence-electron chi connectivity index (χ2n) is 4.94. The predicted molar refractivity (Wildman–Crippen MR) is 81.5 cm³/mol. The van der Waals surface area contributed by atoms with Crippen molar-refractivity contribution in [3.8, 4) is 0 Å². The molecule has 0 saturated heterocycles. The Kier molecular flexibility index (Phi) is 6.11. The smallest absolute Gasteiger partial charge is 0.324 e. The van der Waals surface area contributed by atoms with E-state index in [2.05, 4.69) is 15.9 Å². The molecule has 120 valence electrons. The number of carbonyl (C=O) groups excluding carboxylic acids is 1. The van der Waals surface area contributed by atoms with Gasteiger partial charge in [-0.05, 0) is 37.5 Å². The lowest BCUT2D eigenvalue weighted by Gasteiger charge is -2.25. The zero-order valence-electron chi connectivity index (χ0n) is 12.3. The topological polar surface area (TPSA) is 101 Å². The van der Waals surface area contributed by atoms with E-state index in [0.717, 1.165) is 10.0 Å². The second-order valence-corrected chi connectivity index (χ2v) is 5.79. The summed E-state index contributed by atoms with van der Waals surface area (Å²) in [4.78, 5) is 34.8. The van der Waals surface area contributed by atoms with Crippen molar-refractivity contribution in [3.63, 3.8) is 0 Å². The van der Waals surface area contributed by atoms with Crippen LogP contribution in [0, 0.1) is 12.3 Å². The number of ether oxygens (including phenoxy) is 1. The normalized spacial score (nSPS) is 13.2. The molecule has 0 fully saturated rings. The van der Waals surface area contributed by atoms with Crippen molar-refractivity contribution in [2.24, 2.45) is 5.41 Å². The van der Waals surface area contributed by atoms with E-state index in [-0.39, 0.29) is 13.0 Å². The summed E-state index contributed by atoms with van der Waals surface area (Å²) >= 11 is 3.33. The fourth-order valence-corrected chi connectivity index (χ4v) is 2.38. The standard InChI is InChI=1S/C15H17BrO6/c1-3-22-14(21)15(13(19)20,8-12(17)18)7-10-4-5-11(16)9(2)6-10/h4-6H,3,7-8H2,1-2H3,(H,17,18)(H,19,20). The molecule has 0 heterocycles. The largest absolute Gasteiger partial charge is 0.481 e. The number of aryl methyl sites for hydroxylation is 1. The summed E-state index contributed by atoms with van der Waals surface area (Å²) in [5.74, 6) is -3.91. The molecule has 0 amide bonds. The highest BCUT2D eigenvalue weighted by atomic mass is 79.9. The molecule has 22 heavy (non-hydrogen) atoms. The van der Waals surface area contributed by atoms with Crippen LogP contribution in [0.1, 0.15) is 24.5 Å². The van der Waals surface area contributed by atoms with Crippen molar-refractivity contribution in [1.29, 1.82) is 0 Å². The minimum absolute atomic E-state index is 0.0210. The van der Waals surface area contributed by atoms with Crippen LogP contribution in [0.5, 0.6) is 0 Å². The van der Waals surface area contributed by atoms with E-state index < -0.39 is 29.7 Å². The number of carboxylic acid groups (broad SMARTS) is 2. The van der Waals surface area contributed by atoms with Crippen LogP contribution in [-0.2, 0) is 25.5 Å². The molecule has 6 nitrogen and oxygen atoms in total. The summed E-state index contributed by atoms with van der Waals surface area (Å²) in [7, 11) is 0. The Bertz CT molecular complexity index is 598. The second kappa shape index (κ2) is 7.40. The van der Waals surface area contributed by atoms with Crippen LogP contribution in [0.4, 0.5) is 0 Å². The third-order valence-corrected chi connectivity index (χ3v) is 4.15. The van der Waals surface area contributed by atoms with E-state index in [9.17, 15) is 19.5 Å². The summed E-state index contributed by atoms with van der Waals surface area (Å²) in [5.41, 5.74) is -0.726. The number of carboxylic acids is 2.